The van der Waals surface area contributed by atoms with Crippen molar-refractivity contribution in [2.24, 2.45) is 5.92 Å². The van der Waals surface area contributed by atoms with E-state index in [2.05, 4.69) is 52.1 Å². The summed E-state index contributed by atoms with van der Waals surface area (Å²) < 4.78 is 11.2. The number of ether oxygens (including phenoxy) is 2. The second-order valence-corrected chi connectivity index (χ2v) is 6.57. The predicted octanol–water partition coefficient (Wildman–Crippen LogP) is 3.63. The van der Waals surface area contributed by atoms with E-state index in [1.54, 1.807) is 0 Å². The van der Waals surface area contributed by atoms with Crippen LogP contribution in [0.3, 0.4) is 0 Å². The van der Waals surface area contributed by atoms with Gasteiger partial charge in [0.15, 0.2) is 0 Å². The zero-order valence-electron chi connectivity index (χ0n) is 13.5. The third kappa shape index (κ3) is 8.18. The fourth-order valence-corrected chi connectivity index (χ4v) is 1.65. The fraction of sp³-hybridized carbons (Fsp3) is 0.647. The first-order valence-electron chi connectivity index (χ1n) is 7.41. The third-order valence-electron chi connectivity index (χ3n) is 2.67. The molecule has 0 aliphatic rings. The summed E-state index contributed by atoms with van der Waals surface area (Å²) in [6.07, 6.45) is 0. The molecule has 1 aromatic carbocycles. The second kappa shape index (κ2) is 8.28. The quantitative estimate of drug-likeness (QED) is 0.737. The molecule has 0 unspecified atom stereocenters. The van der Waals surface area contributed by atoms with Gasteiger partial charge in [-0.2, -0.15) is 0 Å². The van der Waals surface area contributed by atoms with Gasteiger partial charge in [0.05, 0.1) is 6.61 Å². The molecule has 1 N–H and O–H groups in total. The summed E-state index contributed by atoms with van der Waals surface area (Å²) in [7, 11) is 0. The van der Waals surface area contributed by atoms with Crippen LogP contribution in [0.1, 0.15) is 40.2 Å². The number of hydrogen-bond donors (Lipinski definition) is 1. The van der Waals surface area contributed by atoms with Crippen molar-refractivity contribution in [2.75, 3.05) is 19.8 Å². The molecule has 0 bridgehead atoms. The first kappa shape index (κ1) is 17.0. The number of benzene rings is 1. The van der Waals surface area contributed by atoms with E-state index in [0.717, 1.165) is 18.9 Å². The summed E-state index contributed by atoms with van der Waals surface area (Å²) >= 11 is 0. The zero-order chi connectivity index (χ0) is 15.0. The average molecular weight is 279 g/mol. The van der Waals surface area contributed by atoms with Crippen molar-refractivity contribution in [1.29, 1.82) is 0 Å². The van der Waals surface area contributed by atoms with Crippen LogP contribution in [0.2, 0.25) is 0 Å². The van der Waals surface area contributed by atoms with E-state index in [4.69, 9.17) is 9.47 Å². The van der Waals surface area contributed by atoms with Gasteiger partial charge in [-0.3, -0.25) is 0 Å². The van der Waals surface area contributed by atoms with Crippen LogP contribution in [-0.4, -0.2) is 25.4 Å². The molecule has 0 radical (unpaired) electrons. The van der Waals surface area contributed by atoms with E-state index in [1.807, 2.05) is 12.1 Å². The van der Waals surface area contributed by atoms with Crippen LogP contribution in [0.15, 0.2) is 24.3 Å². The molecule has 0 spiro atoms. The molecular weight excluding hydrogens is 250 g/mol. The molecule has 0 heterocycles. The average Bonchev–Trinajstić information content (AvgIpc) is 2.35. The Balaban J connectivity index is 2.32. The largest absolute Gasteiger partial charge is 0.491 e. The van der Waals surface area contributed by atoms with Crippen LogP contribution in [-0.2, 0) is 11.3 Å². The van der Waals surface area contributed by atoms with Crippen molar-refractivity contribution in [3.05, 3.63) is 29.8 Å². The Morgan fingerprint density at radius 1 is 1.15 bits per heavy atom. The molecule has 0 aliphatic carbocycles. The predicted molar refractivity (Wildman–Crippen MR) is 84.2 cm³/mol. The first-order valence-corrected chi connectivity index (χ1v) is 7.41. The van der Waals surface area contributed by atoms with Crippen molar-refractivity contribution >= 4 is 0 Å². The second-order valence-electron chi connectivity index (χ2n) is 6.57. The molecule has 114 valence electrons. The Kier molecular flexibility index (Phi) is 7.03. The van der Waals surface area contributed by atoms with E-state index in [-0.39, 0.29) is 5.54 Å². The standard InChI is InChI=1S/C17H29NO2/c1-14(2)13-19-9-10-20-16-8-6-7-15(11-16)12-18-17(3,4)5/h6-8,11,14,18H,9-10,12-13H2,1-5H3. The van der Waals surface area contributed by atoms with E-state index >= 15 is 0 Å². The lowest BCUT2D eigenvalue weighted by molar-refractivity contribution is 0.0819. The van der Waals surface area contributed by atoms with Crippen molar-refractivity contribution in [2.45, 2.75) is 46.7 Å². The topological polar surface area (TPSA) is 30.5 Å². The maximum Gasteiger partial charge on any atom is 0.119 e. The van der Waals surface area contributed by atoms with E-state index in [0.29, 0.717) is 19.1 Å². The molecule has 0 amide bonds. The van der Waals surface area contributed by atoms with E-state index in [1.165, 1.54) is 5.56 Å². The normalized spacial score (nSPS) is 11.9. The maximum atomic E-state index is 5.71. The minimum absolute atomic E-state index is 0.127. The van der Waals surface area contributed by atoms with Crippen LogP contribution in [0.4, 0.5) is 0 Å². The molecule has 3 nitrogen and oxygen atoms in total. The highest BCUT2D eigenvalue weighted by Crippen LogP contribution is 2.14. The number of hydrogen-bond acceptors (Lipinski definition) is 3. The summed E-state index contributed by atoms with van der Waals surface area (Å²) in [5, 5.41) is 3.47. The molecule has 1 aromatic rings. The van der Waals surface area contributed by atoms with E-state index < -0.39 is 0 Å². The molecule has 0 aliphatic heterocycles. The van der Waals surface area contributed by atoms with Crippen LogP contribution >= 0.6 is 0 Å². The number of nitrogens with one attached hydrogen (secondary N) is 1. The fourth-order valence-electron chi connectivity index (χ4n) is 1.65. The summed E-state index contributed by atoms with van der Waals surface area (Å²) in [6.45, 7) is 13.7. The smallest absolute Gasteiger partial charge is 0.119 e. The van der Waals surface area contributed by atoms with Gasteiger partial charge in [0.25, 0.3) is 0 Å². The van der Waals surface area contributed by atoms with Gasteiger partial charge in [0.1, 0.15) is 12.4 Å². The van der Waals surface area contributed by atoms with Crippen LogP contribution in [0.25, 0.3) is 0 Å². The molecule has 0 atom stereocenters. The van der Waals surface area contributed by atoms with Crippen molar-refractivity contribution in [3.8, 4) is 5.75 Å². The van der Waals surface area contributed by atoms with Crippen LogP contribution in [0.5, 0.6) is 5.75 Å². The Bertz CT molecular complexity index is 383. The summed E-state index contributed by atoms with van der Waals surface area (Å²) in [6, 6.07) is 8.22. The third-order valence-corrected chi connectivity index (χ3v) is 2.67. The van der Waals surface area contributed by atoms with E-state index in [9.17, 15) is 0 Å². The Hall–Kier alpha value is -1.06. The molecular formula is C17H29NO2. The van der Waals surface area contributed by atoms with Gasteiger partial charge in [0, 0.05) is 18.7 Å². The molecule has 0 aromatic heterocycles. The SMILES string of the molecule is CC(C)COCCOc1cccc(CNC(C)(C)C)c1. The summed E-state index contributed by atoms with van der Waals surface area (Å²) in [5.41, 5.74) is 1.36. The lowest BCUT2D eigenvalue weighted by atomic mass is 10.1. The van der Waals surface area contributed by atoms with Gasteiger partial charge in [0.2, 0.25) is 0 Å². The zero-order valence-corrected chi connectivity index (χ0v) is 13.5. The van der Waals surface area contributed by atoms with Gasteiger partial charge in [-0.05, 0) is 44.4 Å². The monoisotopic (exact) mass is 279 g/mol. The van der Waals surface area contributed by atoms with Gasteiger partial charge in [-0.1, -0.05) is 26.0 Å². The van der Waals surface area contributed by atoms with Crippen LogP contribution < -0.4 is 10.1 Å². The van der Waals surface area contributed by atoms with Gasteiger partial charge in [-0.25, -0.2) is 0 Å². The molecule has 0 fully saturated rings. The highest BCUT2D eigenvalue weighted by molar-refractivity contribution is 5.28. The Labute approximate surface area is 123 Å². The first-order chi connectivity index (χ1) is 9.37. The highest BCUT2D eigenvalue weighted by atomic mass is 16.5. The summed E-state index contributed by atoms with van der Waals surface area (Å²) in [5.74, 6) is 1.48. The van der Waals surface area contributed by atoms with Crippen LogP contribution in [0, 0.1) is 5.92 Å². The highest BCUT2D eigenvalue weighted by Gasteiger charge is 2.08. The Morgan fingerprint density at radius 2 is 1.90 bits per heavy atom. The molecule has 3 heteroatoms. The van der Waals surface area contributed by atoms with Gasteiger partial charge < -0.3 is 14.8 Å². The van der Waals surface area contributed by atoms with Crippen molar-refractivity contribution in [1.82, 2.24) is 5.32 Å². The number of rotatable bonds is 8. The summed E-state index contributed by atoms with van der Waals surface area (Å²) in [4.78, 5) is 0. The molecule has 20 heavy (non-hydrogen) atoms. The lowest BCUT2D eigenvalue weighted by Crippen LogP contribution is -2.35. The van der Waals surface area contributed by atoms with Gasteiger partial charge >= 0.3 is 0 Å². The van der Waals surface area contributed by atoms with Gasteiger partial charge in [-0.15, -0.1) is 0 Å². The lowest BCUT2D eigenvalue weighted by Gasteiger charge is -2.20. The minimum Gasteiger partial charge on any atom is -0.491 e. The molecule has 0 saturated heterocycles. The Morgan fingerprint density at radius 3 is 2.55 bits per heavy atom. The molecule has 1 rings (SSSR count). The minimum atomic E-state index is 0.127. The van der Waals surface area contributed by atoms with Crippen molar-refractivity contribution in [3.63, 3.8) is 0 Å². The maximum absolute atomic E-state index is 5.71. The van der Waals surface area contributed by atoms with Crippen molar-refractivity contribution < 1.29 is 9.47 Å². The molecule has 0 saturated carbocycles.